The Morgan fingerprint density at radius 3 is 1.77 bits per heavy atom. The molecule has 25 nitrogen and oxygen atoms in total. The fourth-order valence-corrected chi connectivity index (χ4v) is 9.33. The zero-order chi connectivity index (χ0) is 61.5. The van der Waals surface area contributed by atoms with Crippen molar-refractivity contribution in [2.45, 2.75) is 101 Å². The van der Waals surface area contributed by atoms with Gasteiger partial charge in [0.15, 0.2) is 28.9 Å². The summed E-state index contributed by atoms with van der Waals surface area (Å²) in [6.07, 6.45) is 25.5. The highest BCUT2D eigenvalue weighted by atomic mass is 16.7. The van der Waals surface area contributed by atoms with Crippen LogP contribution in [0.15, 0.2) is 69.1 Å². The lowest BCUT2D eigenvalue weighted by molar-refractivity contribution is -0.0757. The van der Waals surface area contributed by atoms with Gasteiger partial charge in [0.2, 0.25) is 0 Å². The molecule has 11 rings (SSSR count). The molecule has 6 aromatic rings. The van der Waals surface area contributed by atoms with Gasteiger partial charge in [-0.25, -0.2) is 9.86 Å². The van der Waals surface area contributed by atoms with E-state index in [1.165, 1.54) is 18.1 Å². The van der Waals surface area contributed by atoms with E-state index in [0.29, 0.717) is 97.8 Å². The van der Waals surface area contributed by atoms with Crippen LogP contribution in [0, 0.1) is 0 Å². The van der Waals surface area contributed by atoms with Crippen LogP contribution < -0.4 is 0 Å². The number of allylic oxidation sites excluding steroid dienone is 2. The lowest BCUT2D eigenvalue weighted by atomic mass is 10.1. The number of Topliss-reactive ketones (excluding diaryl/α,β-unsaturated/α-hetero) is 5. The van der Waals surface area contributed by atoms with Gasteiger partial charge in [-0.3, -0.25) is 61.7 Å². The average Bonchev–Trinajstić information content (AvgIpc) is 3.08. The first-order valence-electron chi connectivity index (χ1n) is 27.4. The van der Waals surface area contributed by atoms with E-state index in [9.17, 15) is 38.7 Å². The summed E-state index contributed by atoms with van der Waals surface area (Å²) in [7, 11) is 17.0. The average molecular weight is 1160 g/mol. The van der Waals surface area contributed by atoms with Gasteiger partial charge in [-0.05, 0) is 50.3 Å². The molecular formula is C59H76N14O11. The second-order valence-corrected chi connectivity index (χ2v) is 20.7. The number of ketones is 5. The Morgan fingerprint density at radius 1 is 0.655 bits per heavy atom. The Morgan fingerprint density at radius 2 is 1.17 bits per heavy atom. The predicted octanol–water partition coefficient (Wildman–Crippen LogP) is 6.46. The minimum Gasteiger partial charge on any atom is -0.446 e. The quantitative estimate of drug-likeness (QED) is 0.0534. The van der Waals surface area contributed by atoms with Crippen LogP contribution in [0.4, 0.5) is 4.79 Å². The number of nitrogens with zero attached hydrogens (tertiary/aromatic N) is 14. The molecule has 4 atom stereocenters. The van der Waals surface area contributed by atoms with Crippen LogP contribution in [0.3, 0.4) is 0 Å². The first-order valence-corrected chi connectivity index (χ1v) is 27.4. The van der Waals surface area contributed by atoms with Crippen molar-refractivity contribution in [2.24, 2.45) is 42.3 Å². The molecule has 0 aromatic carbocycles. The van der Waals surface area contributed by atoms with E-state index in [1.807, 2.05) is 26.2 Å². The van der Waals surface area contributed by atoms with Crippen LogP contribution in [-0.2, 0) is 69.4 Å². The number of carbonyl (C=O) groups is 7. The fourth-order valence-electron chi connectivity index (χ4n) is 9.33. The molecule has 4 unspecified atom stereocenters. The van der Waals surface area contributed by atoms with Gasteiger partial charge in [-0.15, -0.1) is 6.58 Å². The summed E-state index contributed by atoms with van der Waals surface area (Å²) in [5.74, 6) is 0.423. The van der Waals surface area contributed by atoms with Crippen molar-refractivity contribution in [1.82, 2.24) is 68.6 Å². The maximum Gasteiger partial charge on any atom is 0.409 e. The van der Waals surface area contributed by atoms with Crippen molar-refractivity contribution in [3.63, 3.8) is 0 Å². The molecule has 0 bridgehead atoms. The molecule has 1 N–H and O–H groups in total. The van der Waals surface area contributed by atoms with Gasteiger partial charge >= 0.3 is 6.09 Å². The number of aromatic nitrogens is 12. The van der Waals surface area contributed by atoms with E-state index in [4.69, 9.17) is 14.3 Å². The molecule has 84 heavy (non-hydrogen) atoms. The van der Waals surface area contributed by atoms with Crippen LogP contribution in [0.25, 0.3) is 18.2 Å². The van der Waals surface area contributed by atoms with Gasteiger partial charge in [0.25, 0.3) is 5.91 Å². The molecule has 0 spiro atoms. The molecular weight excluding hydrogens is 1080 g/mol. The zero-order valence-corrected chi connectivity index (χ0v) is 49.6. The number of fused-ring (bicyclic) bond motifs is 6. The third-order valence-corrected chi connectivity index (χ3v) is 13.7. The van der Waals surface area contributed by atoms with E-state index < -0.39 is 6.10 Å². The Bertz CT molecular complexity index is 3420. The van der Waals surface area contributed by atoms with E-state index in [1.54, 1.807) is 127 Å². The molecule has 1 fully saturated rings. The standard InChI is InChI=1S/C12H17N3O3.C11H14N2O.C9H13N3O2.C9H10N2O2.C9H12N2O2.C9H10N2O/c1-14(2)12(17)18-8-4-5-11(16)9-7-15(3)13-10(9)6-8;1-4-6-7-11(14)9-8-13(3)12-10(9)5-2;1-5-8-7(6-11(2)10-8)9(13)12(3)14-4;1-11-4-5-6(12)2-3-7-9(13-7)8(5)10-11;1-11-5-7-8(10-11)4-6(12)2-3-9(7)13;1-11-6-7-8(10-11)4-2-3-5-9(7)12/h7-8H,4-6H2,1-3H3;4-5,8H,1-2,6-7H2,3H3;5-6H,1H2,2-4H3;4,7,9H,2-3H2,1H3;5-6,12H,2-4H2,1H3;2,4,6H,3,5H2,1H3. The van der Waals surface area contributed by atoms with E-state index >= 15 is 0 Å². The maximum atomic E-state index is 11.9. The molecule has 2 amide bonds. The summed E-state index contributed by atoms with van der Waals surface area (Å²) in [4.78, 5) is 87.4. The summed E-state index contributed by atoms with van der Waals surface area (Å²) in [5.41, 5.74) is 8.28. The number of carbonyl (C=O) groups excluding carboxylic acids is 7. The highest BCUT2D eigenvalue weighted by Crippen LogP contribution is 2.44. The summed E-state index contributed by atoms with van der Waals surface area (Å²) >= 11 is 0. The van der Waals surface area contributed by atoms with Gasteiger partial charge < -0.3 is 19.5 Å². The van der Waals surface area contributed by atoms with Gasteiger partial charge in [0.1, 0.15) is 17.9 Å². The third-order valence-electron chi connectivity index (χ3n) is 13.7. The maximum absolute atomic E-state index is 11.9. The smallest absolute Gasteiger partial charge is 0.409 e. The Hall–Kier alpha value is -8.81. The summed E-state index contributed by atoms with van der Waals surface area (Å²) in [5, 5.41) is 35.6. The Kier molecular flexibility index (Phi) is 22.6. The lowest BCUT2D eigenvalue weighted by Crippen LogP contribution is -2.29. The van der Waals surface area contributed by atoms with Gasteiger partial charge in [-0.2, -0.15) is 30.6 Å². The van der Waals surface area contributed by atoms with Crippen molar-refractivity contribution >= 4 is 59.1 Å². The number of aliphatic hydroxyl groups excluding tert-OH is 1. The number of aliphatic hydroxyl groups is 1. The van der Waals surface area contributed by atoms with Crippen LogP contribution in [-0.4, -0.2) is 161 Å². The molecule has 1 aliphatic heterocycles. The molecule has 5 aliphatic rings. The fraction of sp³-hybridized carbons (Fsp3) is 0.441. The van der Waals surface area contributed by atoms with Crippen molar-refractivity contribution < 1.29 is 53.0 Å². The minimum absolute atomic E-state index is 0.0708. The first-order chi connectivity index (χ1) is 39.9. The zero-order valence-electron chi connectivity index (χ0n) is 49.6. The SMILES string of the molecule is C=CCCC(=O)c1cn(C)nc1C=C.C=Cc1nn(C)cc1C(=O)N(C)OC.CN(C)C(=O)OC1CCC(=O)c2cn(C)nc2C1.Cn1cc2c(n1)C1OC1CCC2=O.Cn1cc2c(n1)C=CCCC2=O.Cn1cc2c(n1)CC(O)CCC2=O. The Labute approximate surface area is 487 Å². The predicted molar refractivity (Wildman–Crippen MR) is 311 cm³/mol. The van der Waals surface area contributed by atoms with Crippen LogP contribution in [0.5, 0.6) is 0 Å². The van der Waals surface area contributed by atoms with E-state index in [-0.39, 0.29) is 59.2 Å². The molecule has 4 aliphatic carbocycles. The number of hydrogen-bond donors (Lipinski definition) is 1. The molecule has 1 saturated heterocycles. The van der Waals surface area contributed by atoms with E-state index in [0.717, 1.165) is 51.8 Å². The first kappa shape index (κ1) is 64.4. The Balaban J connectivity index is 0.000000162. The van der Waals surface area contributed by atoms with Crippen molar-refractivity contribution in [2.75, 3.05) is 28.3 Å². The lowest BCUT2D eigenvalue weighted by Gasteiger charge is -2.18. The number of epoxide rings is 1. The molecule has 25 heteroatoms. The topological polar surface area (TPSA) is 284 Å². The number of amides is 2. The van der Waals surface area contributed by atoms with Crippen molar-refractivity contribution in [3.8, 4) is 0 Å². The molecule has 0 radical (unpaired) electrons. The van der Waals surface area contributed by atoms with Crippen molar-refractivity contribution in [3.05, 3.63) is 137 Å². The highest BCUT2D eigenvalue weighted by Gasteiger charge is 2.46. The number of ether oxygens (including phenoxy) is 2. The third kappa shape index (κ3) is 17.1. The monoisotopic (exact) mass is 1160 g/mol. The van der Waals surface area contributed by atoms with Gasteiger partial charge in [0.05, 0.1) is 81.2 Å². The number of hydrogen-bond acceptors (Lipinski definition) is 17. The van der Waals surface area contributed by atoms with Gasteiger partial charge in [-0.1, -0.05) is 25.3 Å². The largest absolute Gasteiger partial charge is 0.446 e. The second-order valence-electron chi connectivity index (χ2n) is 20.7. The van der Waals surface area contributed by atoms with Crippen molar-refractivity contribution in [1.29, 1.82) is 0 Å². The molecule has 448 valence electrons. The summed E-state index contributed by atoms with van der Waals surface area (Å²) < 4.78 is 20.6. The number of rotatable bonds is 9. The summed E-state index contributed by atoms with van der Waals surface area (Å²) in [6.45, 7) is 10.8. The van der Waals surface area contributed by atoms with Gasteiger partial charge in [0, 0.05) is 146 Å². The second kappa shape index (κ2) is 29.4. The van der Waals surface area contributed by atoms with Crippen LogP contribution >= 0.6 is 0 Å². The van der Waals surface area contributed by atoms with Crippen LogP contribution in [0.1, 0.15) is 167 Å². The number of aryl methyl sites for hydroxylation is 6. The summed E-state index contributed by atoms with van der Waals surface area (Å²) in [6, 6.07) is 0. The molecule has 0 saturated carbocycles. The van der Waals surface area contributed by atoms with E-state index in [2.05, 4.69) is 50.3 Å². The highest BCUT2D eigenvalue weighted by molar-refractivity contribution is 6.01. The molecule has 7 heterocycles. The normalized spacial score (nSPS) is 17.9. The minimum atomic E-state index is -0.417. The number of hydroxylamine groups is 2. The molecule has 6 aromatic heterocycles. The van der Waals surface area contributed by atoms with Crippen LogP contribution in [0.2, 0.25) is 0 Å².